The van der Waals surface area contributed by atoms with Crippen LogP contribution in [0, 0.1) is 0 Å². The van der Waals surface area contributed by atoms with Gasteiger partial charge in [-0.15, -0.1) is 0 Å². The molecule has 4 N–H and O–H groups in total. The summed E-state index contributed by atoms with van der Waals surface area (Å²) in [6.07, 6.45) is 3.21. The van der Waals surface area contributed by atoms with Crippen LogP contribution in [0.25, 0.3) is 22.4 Å². The second kappa shape index (κ2) is 5.39. The number of rotatable bonds is 1. The van der Waals surface area contributed by atoms with Crippen molar-refractivity contribution in [1.82, 2.24) is 19.9 Å². The first-order valence-electron chi connectivity index (χ1n) is 5.70. The Bertz CT molecular complexity index is 799. The molecule has 0 radical (unpaired) electrons. The molecule has 1 aromatic heterocycles. The van der Waals surface area contributed by atoms with Gasteiger partial charge in [0.1, 0.15) is 29.0 Å². The Kier molecular flexibility index (Phi) is 3.81. The Balaban J connectivity index is 0.000000212. The number of aromatic nitrogens is 4. The summed E-state index contributed by atoms with van der Waals surface area (Å²) < 4.78 is 26.9. The molecule has 3 rings (SSSR count). The molecule has 0 fully saturated rings. The topological polar surface area (TPSA) is 135 Å². The average Bonchev–Trinajstić information content (AvgIpc) is 2.89. The van der Waals surface area contributed by atoms with Crippen LogP contribution in [0.1, 0.15) is 6.92 Å². The van der Waals surface area contributed by atoms with Crippen molar-refractivity contribution in [2.45, 2.75) is 6.92 Å². The quantitative estimate of drug-likeness (QED) is 0.568. The highest BCUT2D eigenvalue weighted by Gasteiger charge is 2.14. The summed E-state index contributed by atoms with van der Waals surface area (Å²) in [7, 11) is -3.66. The maximum atomic E-state index is 9.56. The van der Waals surface area contributed by atoms with E-state index in [2.05, 4.69) is 19.9 Å². The Morgan fingerprint density at radius 1 is 1.30 bits per heavy atom. The zero-order valence-corrected chi connectivity index (χ0v) is 11.4. The standard InChI is InChI=1S/C9H7N5.C2H6O3S/c10-9-8-7(12-4-13-8)6-5(14-9)2-1-3-11-6;1-2-6(3,4)5/h1-4,14H,10H2;2H2,1H3,(H,3,4,5). The van der Waals surface area contributed by atoms with Crippen molar-refractivity contribution in [3.8, 4) is 11.4 Å². The number of nitrogens with zero attached hydrogens (tertiary/aromatic N) is 3. The highest BCUT2D eigenvalue weighted by atomic mass is 32.2. The number of nitrogens with one attached hydrogen (secondary N) is 1. The molecular weight excluding hydrogens is 282 g/mol. The molecule has 0 aromatic carbocycles. The number of fused-ring (bicyclic) bond motifs is 3. The summed E-state index contributed by atoms with van der Waals surface area (Å²) in [6, 6.07) is 3.76. The zero-order valence-electron chi connectivity index (χ0n) is 10.6. The first-order chi connectivity index (χ1) is 9.42. The van der Waals surface area contributed by atoms with Gasteiger partial charge in [-0.1, -0.05) is 0 Å². The van der Waals surface area contributed by atoms with E-state index in [9.17, 15) is 8.42 Å². The zero-order chi connectivity index (χ0) is 14.8. The third-order valence-electron chi connectivity index (χ3n) is 2.52. The number of imidazole rings is 1. The summed E-state index contributed by atoms with van der Waals surface area (Å²) in [5.74, 6) is 0.325. The minimum atomic E-state index is -3.66. The Morgan fingerprint density at radius 2 is 1.95 bits per heavy atom. The molecule has 106 valence electrons. The van der Waals surface area contributed by atoms with Crippen molar-refractivity contribution in [3.63, 3.8) is 0 Å². The van der Waals surface area contributed by atoms with Crippen molar-refractivity contribution in [2.75, 3.05) is 11.5 Å². The van der Waals surface area contributed by atoms with Crippen molar-refractivity contribution in [1.29, 1.82) is 0 Å². The van der Waals surface area contributed by atoms with Gasteiger partial charge in [0.15, 0.2) is 0 Å². The first-order valence-corrected chi connectivity index (χ1v) is 7.31. The number of anilines is 1. The van der Waals surface area contributed by atoms with E-state index in [4.69, 9.17) is 10.3 Å². The van der Waals surface area contributed by atoms with Crippen molar-refractivity contribution < 1.29 is 13.0 Å². The second-order valence-electron chi connectivity index (χ2n) is 3.88. The highest BCUT2D eigenvalue weighted by molar-refractivity contribution is 7.85. The van der Waals surface area contributed by atoms with E-state index in [-0.39, 0.29) is 5.75 Å². The normalized spacial score (nSPS) is 11.3. The second-order valence-corrected chi connectivity index (χ2v) is 5.62. The maximum absolute atomic E-state index is 9.56. The van der Waals surface area contributed by atoms with E-state index in [0.717, 1.165) is 16.7 Å². The molecular formula is C11H13N5O3S. The molecule has 0 unspecified atom stereocenters. The van der Waals surface area contributed by atoms with Crippen LogP contribution in [0.4, 0.5) is 5.82 Å². The van der Waals surface area contributed by atoms with Crippen molar-refractivity contribution >= 4 is 27.0 Å². The van der Waals surface area contributed by atoms with Gasteiger partial charge in [-0.05, 0) is 19.1 Å². The summed E-state index contributed by atoms with van der Waals surface area (Å²) in [5.41, 5.74) is 8.88. The third kappa shape index (κ3) is 3.00. The molecule has 3 heterocycles. The molecule has 1 aromatic rings. The van der Waals surface area contributed by atoms with Gasteiger partial charge in [-0.25, -0.2) is 9.97 Å². The molecule has 9 heteroatoms. The lowest BCUT2D eigenvalue weighted by Crippen LogP contribution is -1.97. The number of nitrogen functional groups attached to an aromatic ring is 1. The number of hydrogen-bond acceptors (Lipinski definition) is 6. The van der Waals surface area contributed by atoms with Crippen molar-refractivity contribution in [3.05, 3.63) is 24.7 Å². The number of pyridine rings is 2. The number of hydrogen-bond donors (Lipinski definition) is 3. The van der Waals surface area contributed by atoms with Crippen LogP contribution in [0.15, 0.2) is 24.7 Å². The fraction of sp³-hybridized carbons (Fsp3) is 0.182. The van der Waals surface area contributed by atoms with Gasteiger partial charge in [0.2, 0.25) is 0 Å². The fourth-order valence-corrected chi connectivity index (χ4v) is 1.54. The Labute approximate surface area is 115 Å². The maximum Gasteiger partial charge on any atom is 0.264 e. The molecule has 0 aliphatic carbocycles. The average molecular weight is 295 g/mol. The molecule has 20 heavy (non-hydrogen) atoms. The van der Waals surface area contributed by atoms with E-state index >= 15 is 0 Å². The summed E-state index contributed by atoms with van der Waals surface area (Å²) in [4.78, 5) is 15.5. The molecule has 2 aliphatic heterocycles. The number of H-pyrrole nitrogens is 1. The summed E-state index contributed by atoms with van der Waals surface area (Å²) in [5, 5.41) is 0. The first kappa shape index (κ1) is 14.2. The lowest BCUT2D eigenvalue weighted by molar-refractivity contribution is 0.484. The van der Waals surface area contributed by atoms with E-state index in [1.54, 1.807) is 6.20 Å². The lowest BCUT2D eigenvalue weighted by Gasteiger charge is -2.04. The molecule has 2 aliphatic rings. The van der Waals surface area contributed by atoms with Gasteiger partial charge in [-0.3, -0.25) is 9.54 Å². The highest BCUT2D eigenvalue weighted by Crippen LogP contribution is 2.28. The van der Waals surface area contributed by atoms with Gasteiger partial charge in [0.25, 0.3) is 10.1 Å². The van der Waals surface area contributed by atoms with Crippen LogP contribution in [0.5, 0.6) is 0 Å². The van der Waals surface area contributed by atoms with Crippen LogP contribution in [0.3, 0.4) is 0 Å². The monoisotopic (exact) mass is 295 g/mol. The van der Waals surface area contributed by atoms with Crippen molar-refractivity contribution in [2.24, 2.45) is 0 Å². The van der Waals surface area contributed by atoms with E-state index < -0.39 is 10.1 Å². The summed E-state index contributed by atoms with van der Waals surface area (Å²) in [6.45, 7) is 1.37. The van der Waals surface area contributed by atoms with Gasteiger partial charge in [-0.2, -0.15) is 8.42 Å². The number of nitrogens with two attached hydrogens (primary N) is 1. The molecule has 0 spiro atoms. The largest absolute Gasteiger partial charge is 0.383 e. The Hall–Kier alpha value is -2.26. The molecule has 8 nitrogen and oxygen atoms in total. The predicted octanol–water partition coefficient (Wildman–Crippen LogP) is 0.934. The van der Waals surface area contributed by atoms with Crippen LogP contribution in [-0.2, 0) is 10.1 Å². The van der Waals surface area contributed by atoms with Crippen LogP contribution in [-0.4, -0.2) is 38.7 Å². The predicted molar refractivity (Wildman–Crippen MR) is 74.8 cm³/mol. The van der Waals surface area contributed by atoms with Gasteiger partial charge < -0.3 is 10.7 Å². The lowest BCUT2D eigenvalue weighted by atomic mass is 10.2. The molecule has 0 saturated carbocycles. The SMILES string of the molecule is CCS(=O)(=O)O.Nc1[nH]c2cccnc2c2ncnc1-2. The van der Waals surface area contributed by atoms with E-state index in [0.29, 0.717) is 11.5 Å². The third-order valence-corrected chi connectivity index (χ3v) is 3.25. The van der Waals surface area contributed by atoms with Gasteiger partial charge >= 0.3 is 0 Å². The van der Waals surface area contributed by atoms with Crippen LogP contribution in [0.2, 0.25) is 0 Å². The molecule has 0 atom stereocenters. The molecule has 0 amide bonds. The van der Waals surface area contributed by atoms with Crippen LogP contribution >= 0.6 is 0 Å². The molecule has 0 bridgehead atoms. The fourth-order valence-electron chi connectivity index (χ4n) is 1.54. The Morgan fingerprint density at radius 3 is 2.60 bits per heavy atom. The minimum Gasteiger partial charge on any atom is -0.383 e. The van der Waals surface area contributed by atoms with E-state index in [1.807, 2.05) is 12.1 Å². The van der Waals surface area contributed by atoms with Crippen LogP contribution < -0.4 is 5.73 Å². The smallest absolute Gasteiger partial charge is 0.264 e. The molecule has 0 saturated heterocycles. The minimum absolute atomic E-state index is 0.201. The van der Waals surface area contributed by atoms with Gasteiger partial charge in [0.05, 0.1) is 11.3 Å². The van der Waals surface area contributed by atoms with Gasteiger partial charge in [0, 0.05) is 6.20 Å². The number of aromatic amines is 1. The summed E-state index contributed by atoms with van der Waals surface area (Å²) >= 11 is 0. The van der Waals surface area contributed by atoms with E-state index in [1.165, 1.54) is 13.3 Å².